The smallest absolute Gasteiger partial charge is 0.0642 e. The normalized spacial score (nSPS) is 13.5. The van der Waals surface area contributed by atoms with E-state index in [4.69, 9.17) is 22.1 Å². The molecule has 0 bridgehead atoms. The number of para-hydroxylation sites is 1. The summed E-state index contributed by atoms with van der Waals surface area (Å²) in [6.07, 6.45) is 0.825. The molecule has 1 atom stereocenters. The molecule has 0 aliphatic carbocycles. The molecule has 0 spiro atoms. The molecule has 0 fully saturated rings. The summed E-state index contributed by atoms with van der Waals surface area (Å²) >= 11 is 6.10. The molecule has 3 N–H and O–H groups in total. The van der Waals surface area contributed by atoms with Crippen LogP contribution in [0.4, 0.5) is 5.69 Å². The van der Waals surface area contributed by atoms with E-state index in [0.717, 1.165) is 12.1 Å². The summed E-state index contributed by atoms with van der Waals surface area (Å²) < 4.78 is 5.41. The lowest BCUT2D eigenvalue weighted by atomic mass is 9.98. The molecule has 1 aromatic carbocycles. The number of ether oxygens (including phenoxy) is 1. The van der Waals surface area contributed by atoms with Gasteiger partial charge in [0.2, 0.25) is 0 Å². The maximum atomic E-state index is 6.10. The molecule has 17 heavy (non-hydrogen) atoms. The number of hydrogen-bond acceptors (Lipinski definition) is 3. The third kappa shape index (κ3) is 4.54. The van der Waals surface area contributed by atoms with Crippen molar-refractivity contribution in [3.05, 3.63) is 29.3 Å². The molecular formula is C13H21ClN2O. The van der Waals surface area contributed by atoms with Crippen molar-refractivity contribution in [1.82, 2.24) is 0 Å². The Morgan fingerprint density at radius 1 is 1.41 bits per heavy atom. The number of nitrogens with one attached hydrogen (secondary N) is 1. The standard InChI is InChI=1S/C13H21ClN2O/c1-13(2,17-3)8-10(9-15)16-12-7-5-4-6-11(12)14/h4-7,10,16H,8-9,15H2,1-3H3. The molecule has 1 unspecified atom stereocenters. The van der Waals surface area contributed by atoms with Crippen molar-refractivity contribution in [2.75, 3.05) is 19.0 Å². The van der Waals surface area contributed by atoms with Crippen molar-refractivity contribution >= 4 is 17.3 Å². The second kappa shape index (κ2) is 6.24. The van der Waals surface area contributed by atoms with E-state index in [2.05, 4.69) is 5.32 Å². The minimum absolute atomic E-state index is 0.143. The Kier molecular flexibility index (Phi) is 5.25. The Bertz CT molecular complexity index is 355. The molecule has 0 saturated carbocycles. The molecule has 4 heteroatoms. The number of hydrogen-bond donors (Lipinski definition) is 2. The van der Waals surface area contributed by atoms with Gasteiger partial charge in [0.25, 0.3) is 0 Å². The van der Waals surface area contributed by atoms with Crippen molar-refractivity contribution in [3.63, 3.8) is 0 Å². The van der Waals surface area contributed by atoms with Gasteiger partial charge in [0, 0.05) is 19.7 Å². The molecule has 0 saturated heterocycles. The fourth-order valence-corrected chi connectivity index (χ4v) is 1.86. The Balaban J connectivity index is 2.68. The zero-order chi connectivity index (χ0) is 12.9. The van der Waals surface area contributed by atoms with Crippen molar-refractivity contribution in [2.24, 2.45) is 5.73 Å². The molecule has 96 valence electrons. The van der Waals surface area contributed by atoms with Crippen LogP contribution in [-0.2, 0) is 4.74 Å². The van der Waals surface area contributed by atoms with Crippen LogP contribution in [-0.4, -0.2) is 25.3 Å². The predicted molar refractivity (Wildman–Crippen MR) is 73.6 cm³/mol. The van der Waals surface area contributed by atoms with Crippen molar-refractivity contribution < 1.29 is 4.74 Å². The maximum absolute atomic E-state index is 6.10. The Morgan fingerprint density at radius 2 is 2.06 bits per heavy atom. The summed E-state index contributed by atoms with van der Waals surface area (Å²) in [6, 6.07) is 7.81. The minimum Gasteiger partial charge on any atom is -0.380 e. The maximum Gasteiger partial charge on any atom is 0.0642 e. The number of methoxy groups -OCH3 is 1. The van der Waals surface area contributed by atoms with E-state index < -0.39 is 0 Å². The molecule has 1 aromatic rings. The molecule has 1 rings (SSSR count). The summed E-state index contributed by atoms with van der Waals surface area (Å²) in [5.74, 6) is 0. The van der Waals surface area contributed by atoms with Crippen molar-refractivity contribution in [3.8, 4) is 0 Å². The molecule has 0 aliphatic heterocycles. The monoisotopic (exact) mass is 256 g/mol. The van der Waals surface area contributed by atoms with E-state index in [9.17, 15) is 0 Å². The van der Waals surface area contributed by atoms with E-state index in [1.54, 1.807) is 7.11 Å². The second-order valence-electron chi connectivity index (χ2n) is 4.72. The Hall–Kier alpha value is -0.770. The van der Waals surface area contributed by atoms with E-state index in [1.807, 2.05) is 38.1 Å². The van der Waals surface area contributed by atoms with Crippen LogP contribution in [0, 0.1) is 0 Å². The van der Waals surface area contributed by atoms with Crippen LogP contribution in [0.25, 0.3) is 0 Å². The molecule has 0 aliphatic rings. The van der Waals surface area contributed by atoms with Gasteiger partial charge in [-0.05, 0) is 32.4 Å². The van der Waals surface area contributed by atoms with Crippen LogP contribution >= 0.6 is 11.6 Å². The van der Waals surface area contributed by atoms with Gasteiger partial charge in [0.15, 0.2) is 0 Å². The van der Waals surface area contributed by atoms with Crippen LogP contribution in [0.1, 0.15) is 20.3 Å². The summed E-state index contributed by atoms with van der Waals surface area (Å²) in [5, 5.41) is 4.06. The van der Waals surface area contributed by atoms with Gasteiger partial charge < -0.3 is 15.8 Å². The molecule has 3 nitrogen and oxygen atoms in total. The highest BCUT2D eigenvalue weighted by Crippen LogP contribution is 2.24. The highest BCUT2D eigenvalue weighted by molar-refractivity contribution is 6.33. The minimum atomic E-state index is -0.196. The van der Waals surface area contributed by atoms with Crippen LogP contribution in [0.3, 0.4) is 0 Å². The lowest BCUT2D eigenvalue weighted by Gasteiger charge is -2.29. The predicted octanol–water partition coefficient (Wildman–Crippen LogP) is 2.89. The van der Waals surface area contributed by atoms with E-state index in [0.29, 0.717) is 11.6 Å². The number of nitrogens with two attached hydrogens (primary N) is 1. The summed E-state index contributed by atoms with van der Waals surface area (Å²) in [6.45, 7) is 4.63. The molecule has 0 aromatic heterocycles. The number of rotatable bonds is 6. The van der Waals surface area contributed by atoms with Gasteiger partial charge in [-0.25, -0.2) is 0 Å². The van der Waals surface area contributed by atoms with Gasteiger partial charge in [-0.1, -0.05) is 23.7 Å². The van der Waals surface area contributed by atoms with Gasteiger partial charge in [-0.2, -0.15) is 0 Å². The topological polar surface area (TPSA) is 47.3 Å². The van der Waals surface area contributed by atoms with E-state index >= 15 is 0 Å². The van der Waals surface area contributed by atoms with Crippen molar-refractivity contribution in [2.45, 2.75) is 31.9 Å². The highest BCUT2D eigenvalue weighted by Gasteiger charge is 2.22. The largest absolute Gasteiger partial charge is 0.380 e. The van der Waals surface area contributed by atoms with Gasteiger partial charge >= 0.3 is 0 Å². The third-order valence-corrected chi connectivity index (χ3v) is 3.14. The van der Waals surface area contributed by atoms with E-state index in [1.165, 1.54) is 0 Å². The van der Waals surface area contributed by atoms with Gasteiger partial charge in [0.1, 0.15) is 0 Å². The summed E-state index contributed by atoms with van der Waals surface area (Å²) in [7, 11) is 1.71. The van der Waals surface area contributed by atoms with E-state index in [-0.39, 0.29) is 11.6 Å². The fourth-order valence-electron chi connectivity index (χ4n) is 1.67. The second-order valence-corrected chi connectivity index (χ2v) is 5.13. The zero-order valence-electron chi connectivity index (χ0n) is 10.7. The third-order valence-electron chi connectivity index (χ3n) is 2.81. The summed E-state index contributed by atoms with van der Waals surface area (Å²) in [5.41, 5.74) is 6.49. The number of benzene rings is 1. The zero-order valence-corrected chi connectivity index (χ0v) is 11.4. The number of anilines is 1. The van der Waals surface area contributed by atoms with Crippen LogP contribution in [0.2, 0.25) is 5.02 Å². The molecule has 0 amide bonds. The van der Waals surface area contributed by atoms with Crippen LogP contribution in [0.15, 0.2) is 24.3 Å². The van der Waals surface area contributed by atoms with Gasteiger partial charge in [-0.3, -0.25) is 0 Å². The molecular weight excluding hydrogens is 236 g/mol. The quantitative estimate of drug-likeness (QED) is 0.823. The first-order valence-electron chi connectivity index (χ1n) is 5.75. The lowest BCUT2D eigenvalue weighted by Crippen LogP contribution is -2.37. The Morgan fingerprint density at radius 3 is 2.59 bits per heavy atom. The van der Waals surface area contributed by atoms with Crippen LogP contribution in [0.5, 0.6) is 0 Å². The highest BCUT2D eigenvalue weighted by atomic mass is 35.5. The van der Waals surface area contributed by atoms with Gasteiger partial charge in [0.05, 0.1) is 16.3 Å². The molecule has 0 radical (unpaired) electrons. The van der Waals surface area contributed by atoms with Gasteiger partial charge in [-0.15, -0.1) is 0 Å². The number of halogens is 1. The lowest BCUT2D eigenvalue weighted by molar-refractivity contribution is 0.0122. The fraction of sp³-hybridized carbons (Fsp3) is 0.538. The average molecular weight is 257 g/mol. The van der Waals surface area contributed by atoms with Crippen molar-refractivity contribution in [1.29, 1.82) is 0 Å². The van der Waals surface area contributed by atoms with Crippen LogP contribution < -0.4 is 11.1 Å². The molecule has 0 heterocycles. The first kappa shape index (κ1) is 14.3. The summed E-state index contributed by atoms with van der Waals surface area (Å²) in [4.78, 5) is 0. The Labute approximate surface area is 108 Å². The first-order valence-corrected chi connectivity index (χ1v) is 6.12. The first-order chi connectivity index (χ1) is 7.98. The SMILES string of the molecule is COC(C)(C)CC(CN)Nc1ccccc1Cl. The average Bonchev–Trinajstić information content (AvgIpc) is 2.31.